The average Bonchev–Trinajstić information content (AvgIpc) is 2.45. The molecular weight excluding hydrogens is 266 g/mol. The Balaban J connectivity index is 1.96. The van der Waals surface area contributed by atoms with Gasteiger partial charge in [0.25, 0.3) is 0 Å². The van der Waals surface area contributed by atoms with Crippen molar-refractivity contribution in [1.82, 2.24) is 9.88 Å². The molecule has 21 heavy (non-hydrogen) atoms. The molecule has 1 saturated heterocycles. The number of hydrogen-bond acceptors (Lipinski definition) is 4. The van der Waals surface area contributed by atoms with Gasteiger partial charge in [0.05, 0.1) is 5.69 Å². The van der Waals surface area contributed by atoms with Crippen molar-refractivity contribution in [2.45, 2.75) is 51.7 Å². The van der Waals surface area contributed by atoms with Crippen molar-refractivity contribution in [3.8, 4) is 0 Å². The van der Waals surface area contributed by atoms with Gasteiger partial charge in [0, 0.05) is 25.8 Å². The number of hydrogen-bond donors (Lipinski definition) is 1. The summed E-state index contributed by atoms with van der Waals surface area (Å²) in [5.74, 6) is 0.427. The molecule has 2 N–H and O–H groups in total. The quantitative estimate of drug-likeness (QED) is 0.909. The average molecular weight is 291 g/mol. The fourth-order valence-electron chi connectivity index (χ4n) is 2.69. The summed E-state index contributed by atoms with van der Waals surface area (Å²) >= 11 is 0. The van der Waals surface area contributed by atoms with Crippen molar-refractivity contribution in [2.75, 3.05) is 13.1 Å². The van der Waals surface area contributed by atoms with Crippen molar-refractivity contribution in [3.05, 3.63) is 29.6 Å². The van der Waals surface area contributed by atoms with Crippen LogP contribution in [0.15, 0.2) is 18.3 Å². The zero-order chi connectivity index (χ0) is 15.5. The van der Waals surface area contributed by atoms with Gasteiger partial charge in [0.15, 0.2) is 0 Å². The fraction of sp³-hybridized carbons (Fsp3) is 0.625. The molecule has 0 saturated carbocycles. The number of nitrogens with two attached hydrogens (primary N) is 1. The minimum Gasteiger partial charge on any atom is -0.444 e. The minimum absolute atomic E-state index is 0.216. The molecular formula is C16H25N3O2. The molecule has 1 aromatic heterocycles. The van der Waals surface area contributed by atoms with Crippen LogP contribution in [0.2, 0.25) is 0 Å². The number of rotatable bonds is 2. The first-order chi connectivity index (χ1) is 9.90. The minimum atomic E-state index is -0.440. The third-order valence-electron chi connectivity index (χ3n) is 3.71. The second-order valence-corrected chi connectivity index (χ2v) is 6.49. The summed E-state index contributed by atoms with van der Waals surface area (Å²) in [6.45, 7) is 7.57. The topological polar surface area (TPSA) is 68.5 Å². The van der Waals surface area contributed by atoms with Crippen LogP contribution < -0.4 is 5.73 Å². The van der Waals surface area contributed by atoms with E-state index in [1.807, 2.05) is 26.8 Å². The van der Waals surface area contributed by atoms with Gasteiger partial charge in [-0.15, -0.1) is 0 Å². The van der Waals surface area contributed by atoms with E-state index < -0.39 is 5.60 Å². The number of carbonyl (C=O) groups is 1. The number of piperidine rings is 1. The fourth-order valence-corrected chi connectivity index (χ4v) is 2.69. The summed E-state index contributed by atoms with van der Waals surface area (Å²) in [5, 5.41) is 0. The molecule has 5 heteroatoms. The molecule has 2 heterocycles. The molecule has 2 rings (SSSR count). The van der Waals surface area contributed by atoms with E-state index in [2.05, 4.69) is 11.1 Å². The number of nitrogens with zero attached hydrogens (tertiary/aromatic N) is 2. The van der Waals surface area contributed by atoms with Crippen LogP contribution in [0.25, 0.3) is 0 Å². The van der Waals surface area contributed by atoms with Gasteiger partial charge in [-0.2, -0.15) is 0 Å². The molecule has 0 atom stereocenters. The summed E-state index contributed by atoms with van der Waals surface area (Å²) in [5.41, 5.74) is 7.51. The molecule has 1 aliphatic heterocycles. The summed E-state index contributed by atoms with van der Waals surface area (Å²) in [7, 11) is 0. The highest BCUT2D eigenvalue weighted by molar-refractivity contribution is 5.68. The Bertz CT molecular complexity index is 489. The van der Waals surface area contributed by atoms with Crippen LogP contribution in [0.4, 0.5) is 4.79 Å². The Morgan fingerprint density at radius 2 is 2.10 bits per heavy atom. The van der Waals surface area contributed by atoms with Crippen molar-refractivity contribution in [3.63, 3.8) is 0 Å². The second kappa shape index (κ2) is 6.43. The molecule has 1 fully saturated rings. The van der Waals surface area contributed by atoms with Crippen LogP contribution in [0.1, 0.15) is 50.8 Å². The summed E-state index contributed by atoms with van der Waals surface area (Å²) in [4.78, 5) is 18.2. The highest BCUT2D eigenvalue weighted by Gasteiger charge is 2.28. The highest BCUT2D eigenvalue weighted by Crippen LogP contribution is 2.30. The second-order valence-electron chi connectivity index (χ2n) is 6.49. The van der Waals surface area contributed by atoms with E-state index in [4.69, 9.17) is 10.5 Å². The molecule has 116 valence electrons. The van der Waals surface area contributed by atoms with Crippen LogP contribution in [0.3, 0.4) is 0 Å². The number of likely N-dealkylation sites (tertiary alicyclic amines) is 1. The normalized spacial score (nSPS) is 16.9. The summed E-state index contributed by atoms with van der Waals surface area (Å²) in [6.07, 6.45) is 3.42. The third-order valence-corrected chi connectivity index (χ3v) is 3.71. The van der Waals surface area contributed by atoms with E-state index in [0.717, 1.165) is 31.6 Å². The van der Waals surface area contributed by atoms with Crippen molar-refractivity contribution in [1.29, 1.82) is 0 Å². The van der Waals surface area contributed by atoms with Gasteiger partial charge in [-0.1, -0.05) is 6.07 Å². The van der Waals surface area contributed by atoms with Crippen molar-refractivity contribution >= 4 is 6.09 Å². The first kappa shape index (κ1) is 15.8. The smallest absolute Gasteiger partial charge is 0.410 e. The van der Waals surface area contributed by atoms with Crippen LogP contribution in [-0.2, 0) is 11.3 Å². The molecule has 0 unspecified atom stereocenters. The van der Waals surface area contributed by atoms with Crippen LogP contribution >= 0.6 is 0 Å². The van der Waals surface area contributed by atoms with Gasteiger partial charge in [-0.05, 0) is 51.2 Å². The maximum atomic E-state index is 12.1. The van der Waals surface area contributed by atoms with E-state index in [-0.39, 0.29) is 6.09 Å². The first-order valence-corrected chi connectivity index (χ1v) is 7.52. The van der Waals surface area contributed by atoms with Crippen LogP contribution in [0.5, 0.6) is 0 Å². The number of ether oxygens (including phenoxy) is 1. The van der Waals surface area contributed by atoms with Gasteiger partial charge in [-0.3, -0.25) is 4.98 Å². The zero-order valence-corrected chi connectivity index (χ0v) is 13.1. The molecule has 0 bridgehead atoms. The maximum Gasteiger partial charge on any atom is 0.410 e. The highest BCUT2D eigenvalue weighted by atomic mass is 16.6. The first-order valence-electron chi connectivity index (χ1n) is 7.52. The van der Waals surface area contributed by atoms with E-state index in [1.54, 1.807) is 11.1 Å². The number of pyridine rings is 1. The van der Waals surface area contributed by atoms with Gasteiger partial charge in [-0.25, -0.2) is 4.79 Å². The lowest BCUT2D eigenvalue weighted by molar-refractivity contribution is 0.0204. The van der Waals surface area contributed by atoms with E-state index in [9.17, 15) is 4.79 Å². The summed E-state index contributed by atoms with van der Waals surface area (Å²) < 4.78 is 5.42. The lowest BCUT2D eigenvalue weighted by Gasteiger charge is -2.34. The van der Waals surface area contributed by atoms with Gasteiger partial charge < -0.3 is 15.4 Å². The Kier molecular flexibility index (Phi) is 4.83. The molecule has 0 aliphatic carbocycles. The lowest BCUT2D eigenvalue weighted by Crippen LogP contribution is -2.41. The third kappa shape index (κ3) is 4.17. The SMILES string of the molecule is CC(C)(C)OC(=O)N1CCC(c2cccnc2CN)CC1. The monoisotopic (exact) mass is 291 g/mol. The van der Waals surface area contributed by atoms with Gasteiger partial charge in [0.1, 0.15) is 5.60 Å². The van der Waals surface area contributed by atoms with Gasteiger partial charge in [0.2, 0.25) is 0 Å². The largest absolute Gasteiger partial charge is 0.444 e. The molecule has 1 amide bonds. The molecule has 0 radical (unpaired) electrons. The Morgan fingerprint density at radius 3 is 2.67 bits per heavy atom. The van der Waals surface area contributed by atoms with E-state index in [1.165, 1.54) is 5.56 Å². The Labute approximate surface area is 126 Å². The van der Waals surface area contributed by atoms with Crippen LogP contribution in [0, 0.1) is 0 Å². The lowest BCUT2D eigenvalue weighted by atomic mass is 9.88. The molecule has 1 aromatic rings. The Hall–Kier alpha value is -1.62. The molecule has 0 aromatic carbocycles. The van der Waals surface area contributed by atoms with Crippen molar-refractivity contribution in [2.24, 2.45) is 5.73 Å². The number of amides is 1. The maximum absolute atomic E-state index is 12.1. The van der Waals surface area contributed by atoms with E-state index >= 15 is 0 Å². The van der Waals surface area contributed by atoms with Crippen molar-refractivity contribution < 1.29 is 9.53 Å². The zero-order valence-electron chi connectivity index (χ0n) is 13.1. The predicted octanol–water partition coefficient (Wildman–Crippen LogP) is 2.65. The molecule has 0 spiro atoms. The van der Waals surface area contributed by atoms with Crippen LogP contribution in [-0.4, -0.2) is 34.7 Å². The number of aromatic nitrogens is 1. The molecule has 1 aliphatic rings. The number of carbonyl (C=O) groups excluding carboxylic acids is 1. The summed E-state index contributed by atoms with van der Waals surface area (Å²) in [6, 6.07) is 4.05. The standard InChI is InChI=1S/C16H25N3O2/c1-16(2,3)21-15(20)19-9-6-12(7-10-19)13-5-4-8-18-14(13)11-17/h4-5,8,12H,6-7,9-11,17H2,1-3H3. The molecule has 5 nitrogen and oxygen atoms in total. The predicted molar refractivity (Wildman–Crippen MR) is 81.9 cm³/mol. The van der Waals surface area contributed by atoms with Gasteiger partial charge >= 0.3 is 6.09 Å². The Morgan fingerprint density at radius 1 is 1.43 bits per heavy atom. The van der Waals surface area contributed by atoms with E-state index in [0.29, 0.717) is 12.5 Å².